The van der Waals surface area contributed by atoms with Crippen LogP contribution in [-0.2, 0) is 19.1 Å². The normalized spacial score (nSPS) is 17.0. The Morgan fingerprint density at radius 1 is 1.08 bits per heavy atom. The van der Waals surface area contributed by atoms with Crippen LogP contribution in [0, 0.1) is 13.8 Å². The van der Waals surface area contributed by atoms with E-state index >= 15 is 0 Å². The molecule has 188 valence electrons. The van der Waals surface area contributed by atoms with Gasteiger partial charge in [-0.25, -0.2) is 0 Å². The summed E-state index contributed by atoms with van der Waals surface area (Å²) in [5, 5.41) is 2.38. The summed E-state index contributed by atoms with van der Waals surface area (Å²) in [7, 11) is 0. The van der Waals surface area contributed by atoms with Crippen molar-refractivity contribution in [2.45, 2.75) is 13.8 Å². The number of carbonyl (C=O) groups excluding carboxylic acids is 4. The largest absolute Gasteiger partial charge is 0.484 e. The molecule has 0 atom stereocenters. The summed E-state index contributed by atoms with van der Waals surface area (Å²) in [6, 6.07) is 12.5. The van der Waals surface area contributed by atoms with Gasteiger partial charge in [-0.15, -0.1) is 0 Å². The van der Waals surface area contributed by atoms with E-state index in [9.17, 15) is 19.2 Å². The summed E-state index contributed by atoms with van der Waals surface area (Å²) in [6.07, 6.45) is 1.60. The zero-order chi connectivity index (χ0) is 25.7. The molecule has 0 spiro atoms. The van der Waals surface area contributed by atoms with Crippen molar-refractivity contribution in [1.82, 2.24) is 9.80 Å². The number of carbonyl (C=O) groups is 4. The number of benzene rings is 2. The van der Waals surface area contributed by atoms with E-state index in [4.69, 9.17) is 9.47 Å². The van der Waals surface area contributed by atoms with Gasteiger partial charge in [-0.2, -0.15) is 0 Å². The minimum atomic E-state index is -0.491. The monoisotopic (exact) mass is 509 g/mol. The number of nitrogens with one attached hydrogen (secondary N) is 1. The zero-order valence-electron chi connectivity index (χ0n) is 20.1. The fourth-order valence-corrected chi connectivity index (χ4v) is 4.56. The fraction of sp³-hybridized carbons (Fsp3) is 0.308. The molecule has 2 fully saturated rings. The third-order valence-electron chi connectivity index (χ3n) is 5.96. The number of morpholine rings is 1. The second-order valence-electron chi connectivity index (χ2n) is 8.41. The van der Waals surface area contributed by atoms with E-state index in [-0.39, 0.29) is 29.9 Å². The first kappa shape index (κ1) is 25.5. The van der Waals surface area contributed by atoms with Gasteiger partial charge >= 0.3 is 0 Å². The SMILES string of the molecule is Cc1cccc(NC(=O)COc2ccc(/C=C3\SC(=O)N(CC(=O)N4CCOCC4)C3=O)cc2)c1C. The quantitative estimate of drug-likeness (QED) is 0.572. The Kier molecular flexibility index (Phi) is 8.07. The maximum Gasteiger partial charge on any atom is 0.294 e. The zero-order valence-corrected chi connectivity index (χ0v) is 20.9. The first-order chi connectivity index (χ1) is 17.3. The van der Waals surface area contributed by atoms with Crippen LogP contribution < -0.4 is 10.1 Å². The second-order valence-corrected chi connectivity index (χ2v) is 9.41. The van der Waals surface area contributed by atoms with Crippen molar-refractivity contribution in [3.05, 3.63) is 64.1 Å². The lowest BCUT2D eigenvalue weighted by Gasteiger charge is -2.28. The highest BCUT2D eigenvalue weighted by molar-refractivity contribution is 8.18. The molecule has 0 unspecified atom stereocenters. The molecule has 2 aromatic carbocycles. The van der Waals surface area contributed by atoms with Gasteiger partial charge in [-0.3, -0.25) is 24.1 Å². The molecule has 0 radical (unpaired) electrons. The molecule has 9 nitrogen and oxygen atoms in total. The van der Waals surface area contributed by atoms with Gasteiger partial charge in [-0.05, 0) is 66.6 Å². The van der Waals surface area contributed by atoms with Crippen LogP contribution in [0.3, 0.4) is 0 Å². The van der Waals surface area contributed by atoms with Crippen molar-refractivity contribution in [3.8, 4) is 5.75 Å². The summed E-state index contributed by atoms with van der Waals surface area (Å²) < 4.78 is 10.8. The van der Waals surface area contributed by atoms with E-state index in [1.165, 1.54) is 0 Å². The predicted molar refractivity (Wildman–Crippen MR) is 137 cm³/mol. The maximum atomic E-state index is 12.7. The van der Waals surface area contributed by atoms with Gasteiger partial charge in [0.2, 0.25) is 5.91 Å². The average molecular weight is 510 g/mol. The number of rotatable bonds is 7. The van der Waals surface area contributed by atoms with Crippen molar-refractivity contribution in [1.29, 1.82) is 0 Å². The van der Waals surface area contributed by atoms with Crippen LogP contribution in [0.25, 0.3) is 6.08 Å². The molecule has 2 saturated heterocycles. The number of anilines is 1. The van der Waals surface area contributed by atoms with Gasteiger partial charge < -0.3 is 19.7 Å². The van der Waals surface area contributed by atoms with E-state index in [0.717, 1.165) is 33.5 Å². The fourth-order valence-electron chi connectivity index (χ4n) is 3.72. The van der Waals surface area contributed by atoms with Crippen LogP contribution in [0.1, 0.15) is 16.7 Å². The molecule has 1 N–H and O–H groups in total. The van der Waals surface area contributed by atoms with Gasteiger partial charge in [-0.1, -0.05) is 24.3 Å². The standard InChI is InChI=1S/C26H27N3O6S/c1-17-4-3-5-21(18(17)2)27-23(30)16-35-20-8-6-19(7-9-20)14-22-25(32)29(26(33)36-22)15-24(31)28-10-12-34-13-11-28/h3-9,14H,10-13,15-16H2,1-2H3,(H,27,30)/b22-14-. The molecular formula is C26H27N3O6S. The number of thioether (sulfide) groups is 1. The second kappa shape index (κ2) is 11.4. The Bertz CT molecular complexity index is 1200. The Morgan fingerprint density at radius 3 is 2.53 bits per heavy atom. The molecule has 0 aromatic heterocycles. The Labute approximate surface area is 213 Å². The number of imide groups is 1. The van der Waals surface area contributed by atoms with E-state index in [2.05, 4.69) is 5.32 Å². The molecule has 36 heavy (non-hydrogen) atoms. The van der Waals surface area contributed by atoms with Gasteiger partial charge in [0, 0.05) is 18.8 Å². The molecule has 0 aliphatic carbocycles. The van der Waals surface area contributed by atoms with Crippen LogP contribution in [0.5, 0.6) is 5.75 Å². The molecule has 0 bridgehead atoms. The van der Waals surface area contributed by atoms with Crippen molar-refractivity contribution in [2.75, 3.05) is 44.8 Å². The smallest absolute Gasteiger partial charge is 0.294 e. The molecule has 4 amide bonds. The average Bonchev–Trinajstić information content (AvgIpc) is 3.14. The molecule has 0 saturated carbocycles. The van der Waals surface area contributed by atoms with Crippen molar-refractivity contribution >= 4 is 46.5 Å². The lowest BCUT2D eigenvalue weighted by molar-refractivity contribution is -0.139. The number of ether oxygens (including phenoxy) is 2. The van der Waals surface area contributed by atoms with Gasteiger partial charge in [0.05, 0.1) is 18.1 Å². The number of hydrogen-bond acceptors (Lipinski definition) is 7. The number of hydrogen-bond donors (Lipinski definition) is 1. The molecule has 2 aliphatic rings. The van der Waals surface area contributed by atoms with Crippen molar-refractivity contribution in [3.63, 3.8) is 0 Å². The highest BCUT2D eigenvalue weighted by Gasteiger charge is 2.37. The van der Waals surface area contributed by atoms with Crippen LogP contribution in [0.15, 0.2) is 47.4 Å². The molecule has 2 aliphatic heterocycles. The van der Waals surface area contributed by atoms with Crippen molar-refractivity contribution < 1.29 is 28.7 Å². The van der Waals surface area contributed by atoms with Crippen LogP contribution in [-0.4, -0.2) is 72.2 Å². The Hall–Kier alpha value is -3.63. The highest BCUT2D eigenvalue weighted by Crippen LogP contribution is 2.32. The van der Waals surface area contributed by atoms with E-state index in [1.54, 1.807) is 35.2 Å². The summed E-state index contributed by atoms with van der Waals surface area (Å²) in [5.41, 5.74) is 3.53. The third-order valence-corrected chi connectivity index (χ3v) is 6.86. The molecule has 10 heteroatoms. The van der Waals surface area contributed by atoms with E-state index in [1.807, 2.05) is 32.0 Å². The summed E-state index contributed by atoms with van der Waals surface area (Å²) in [5.74, 6) is -0.541. The summed E-state index contributed by atoms with van der Waals surface area (Å²) >= 11 is 0.806. The Morgan fingerprint density at radius 2 is 1.81 bits per heavy atom. The third kappa shape index (κ3) is 6.13. The van der Waals surface area contributed by atoms with Gasteiger partial charge in [0.1, 0.15) is 12.3 Å². The molecule has 4 rings (SSSR count). The number of nitrogens with zero attached hydrogens (tertiary/aromatic N) is 2. The number of amides is 4. The van der Waals surface area contributed by atoms with E-state index in [0.29, 0.717) is 37.6 Å². The van der Waals surface area contributed by atoms with Gasteiger partial charge in [0.15, 0.2) is 6.61 Å². The molecule has 2 heterocycles. The number of aryl methyl sites for hydroxylation is 1. The van der Waals surface area contributed by atoms with Gasteiger partial charge in [0.25, 0.3) is 17.1 Å². The molecule has 2 aromatic rings. The summed E-state index contributed by atoms with van der Waals surface area (Å²) in [6.45, 7) is 5.30. The van der Waals surface area contributed by atoms with Crippen LogP contribution in [0.4, 0.5) is 10.5 Å². The van der Waals surface area contributed by atoms with Crippen molar-refractivity contribution in [2.24, 2.45) is 0 Å². The summed E-state index contributed by atoms with van der Waals surface area (Å²) in [4.78, 5) is 52.6. The van der Waals surface area contributed by atoms with E-state index < -0.39 is 11.1 Å². The highest BCUT2D eigenvalue weighted by atomic mass is 32.2. The first-order valence-electron chi connectivity index (χ1n) is 11.5. The molecular weight excluding hydrogens is 482 g/mol. The first-order valence-corrected chi connectivity index (χ1v) is 12.3. The maximum absolute atomic E-state index is 12.7. The lowest BCUT2D eigenvalue weighted by atomic mass is 10.1. The Balaban J connectivity index is 1.31. The van der Waals surface area contributed by atoms with Crippen LogP contribution >= 0.6 is 11.8 Å². The minimum absolute atomic E-state index is 0.150. The predicted octanol–water partition coefficient (Wildman–Crippen LogP) is 3.22. The lowest BCUT2D eigenvalue weighted by Crippen LogP contribution is -2.46. The van der Waals surface area contributed by atoms with Crippen LogP contribution in [0.2, 0.25) is 0 Å². The minimum Gasteiger partial charge on any atom is -0.484 e. The topological polar surface area (TPSA) is 105 Å².